The number of rotatable bonds is 2. The number of benzene rings is 1. The molecule has 1 aliphatic heterocycles. The molecule has 2 rings (SSSR count). The molecule has 4 heteroatoms. The van der Waals surface area contributed by atoms with Crippen molar-refractivity contribution in [3.63, 3.8) is 0 Å². The number of nitrogens with one attached hydrogen (secondary N) is 1. The second-order valence-corrected chi connectivity index (χ2v) is 4.66. The van der Waals surface area contributed by atoms with Gasteiger partial charge in [-0.2, -0.15) is 0 Å². The third-order valence-corrected chi connectivity index (χ3v) is 3.10. The van der Waals surface area contributed by atoms with Gasteiger partial charge in [-0.1, -0.05) is 23.9 Å². The van der Waals surface area contributed by atoms with Gasteiger partial charge in [-0.3, -0.25) is 4.99 Å². The topological polar surface area (TPSA) is 27.6 Å². The first-order chi connectivity index (χ1) is 7.27. The van der Waals surface area contributed by atoms with E-state index in [-0.39, 0.29) is 0 Å². The monoisotopic (exact) mass is 221 g/mol. The molecule has 0 fully saturated rings. The molecule has 0 spiro atoms. The maximum atomic E-state index is 4.38. The molecule has 0 saturated carbocycles. The molecule has 80 valence electrons. The summed E-state index contributed by atoms with van der Waals surface area (Å²) in [5.41, 5.74) is 2.31. The normalized spacial score (nSPS) is 14.9. The highest BCUT2D eigenvalue weighted by Gasteiger charge is 2.09. The van der Waals surface area contributed by atoms with E-state index in [4.69, 9.17) is 0 Å². The van der Waals surface area contributed by atoms with Gasteiger partial charge >= 0.3 is 0 Å². The molecule has 1 aliphatic rings. The van der Waals surface area contributed by atoms with Crippen LogP contribution in [-0.4, -0.2) is 31.6 Å². The lowest BCUT2D eigenvalue weighted by molar-refractivity contribution is 1.13. The minimum Gasteiger partial charge on any atom is -0.376 e. The largest absolute Gasteiger partial charge is 0.376 e. The van der Waals surface area contributed by atoms with Crippen molar-refractivity contribution in [1.82, 2.24) is 0 Å². The summed E-state index contributed by atoms with van der Waals surface area (Å²) in [5.74, 6) is 1.09. The first kappa shape index (κ1) is 10.4. The minimum atomic E-state index is 0.928. The zero-order chi connectivity index (χ0) is 10.7. The highest BCUT2D eigenvalue weighted by molar-refractivity contribution is 8.14. The SMILES string of the molecule is CN(C)c1ccccc1NC1=NCCS1. The number of thioether (sulfide) groups is 1. The molecule has 0 radical (unpaired) electrons. The summed E-state index contributed by atoms with van der Waals surface area (Å²) < 4.78 is 0. The van der Waals surface area contributed by atoms with E-state index in [1.807, 2.05) is 26.2 Å². The molecule has 0 unspecified atom stereocenters. The van der Waals surface area contributed by atoms with Crippen LogP contribution in [0.25, 0.3) is 0 Å². The Morgan fingerprint density at radius 2 is 2.13 bits per heavy atom. The number of hydrogen-bond donors (Lipinski definition) is 1. The Balaban J connectivity index is 2.19. The summed E-state index contributed by atoms with van der Waals surface area (Å²) >= 11 is 1.78. The number of para-hydroxylation sites is 2. The fourth-order valence-electron chi connectivity index (χ4n) is 1.50. The quantitative estimate of drug-likeness (QED) is 0.830. The average Bonchev–Trinajstić information content (AvgIpc) is 2.71. The maximum absolute atomic E-state index is 4.38. The molecule has 0 aliphatic carbocycles. The third kappa shape index (κ3) is 2.45. The fraction of sp³-hybridized carbons (Fsp3) is 0.364. The van der Waals surface area contributed by atoms with E-state index in [1.165, 1.54) is 5.69 Å². The Morgan fingerprint density at radius 3 is 2.80 bits per heavy atom. The first-order valence-electron chi connectivity index (χ1n) is 4.98. The Bertz CT molecular complexity index is 374. The third-order valence-electron chi connectivity index (χ3n) is 2.21. The summed E-state index contributed by atoms with van der Waals surface area (Å²) in [5, 5.41) is 4.39. The average molecular weight is 221 g/mol. The zero-order valence-corrected chi connectivity index (χ0v) is 9.84. The van der Waals surface area contributed by atoms with Gasteiger partial charge in [0.1, 0.15) is 0 Å². The van der Waals surface area contributed by atoms with Crippen LogP contribution in [0.4, 0.5) is 11.4 Å². The predicted octanol–water partition coefficient (Wildman–Crippen LogP) is 2.27. The van der Waals surface area contributed by atoms with Crippen molar-refractivity contribution in [1.29, 1.82) is 0 Å². The Hall–Kier alpha value is -1.16. The summed E-state index contributed by atoms with van der Waals surface area (Å²) in [6, 6.07) is 8.26. The summed E-state index contributed by atoms with van der Waals surface area (Å²) in [6.45, 7) is 0.928. The highest BCUT2D eigenvalue weighted by Crippen LogP contribution is 2.25. The van der Waals surface area contributed by atoms with Crippen molar-refractivity contribution >= 4 is 28.3 Å². The van der Waals surface area contributed by atoms with Gasteiger partial charge < -0.3 is 10.2 Å². The summed E-state index contributed by atoms with van der Waals surface area (Å²) in [6.07, 6.45) is 0. The molecule has 1 N–H and O–H groups in total. The molecular weight excluding hydrogens is 206 g/mol. The van der Waals surface area contributed by atoms with Crippen LogP contribution < -0.4 is 10.2 Å². The van der Waals surface area contributed by atoms with Crippen molar-refractivity contribution in [2.75, 3.05) is 36.6 Å². The van der Waals surface area contributed by atoms with Crippen LogP contribution >= 0.6 is 11.8 Å². The molecule has 0 aromatic heterocycles. The van der Waals surface area contributed by atoms with Crippen LogP contribution in [0.5, 0.6) is 0 Å². The van der Waals surface area contributed by atoms with Crippen LogP contribution in [-0.2, 0) is 0 Å². The van der Waals surface area contributed by atoms with E-state index in [0.29, 0.717) is 0 Å². The number of amidine groups is 1. The van der Waals surface area contributed by atoms with E-state index < -0.39 is 0 Å². The number of nitrogens with zero attached hydrogens (tertiary/aromatic N) is 2. The lowest BCUT2D eigenvalue weighted by atomic mass is 10.2. The van der Waals surface area contributed by atoms with E-state index in [2.05, 4.69) is 27.3 Å². The molecule has 0 atom stereocenters. The number of aliphatic imine (C=N–C) groups is 1. The fourth-order valence-corrected chi connectivity index (χ4v) is 2.24. The Morgan fingerprint density at radius 1 is 1.33 bits per heavy atom. The van der Waals surface area contributed by atoms with Crippen LogP contribution in [0.15, 0.2) is 29.3 Å². The van der Waals surface area contributed by atoms with E-state index in [9.17, 15) is 0 Å². The van der Waals surface area contributed by atoms with Crippen molar-refractivity contribution in [2.45, 2.75) is 0 Å². The number of anilines is 2. The van der Waals surface area contributed by atoms with Gasteiger partial charge in [0.15, 0.2) is 5.17 Å². The van der Waals surface area contributed by atoms with Crippen LogP contribution in [0.2, 0.25) is 0 Å². The smallest absolute Gasteiger partial charge is 0.161 e. The van der Waals surface area contributed by atoms with Crippen molar-refractivity contribution in [2.24, 2.45) is 4.99 Å². The van der Waals surface area contributed by atoms with E-state index >= 15 is 0 Å². The molecule has 1 aromatic rings. The zero-order valence-electron chi connectivity index (χ0n) is 9.03. The standard InChI is InChI=1S/C11H15N3S/c1-14(2)10-6-4-3-5-9(10)13-11-12-7-8-15-11/h3-6H,7-8H2,1-2H3,(H,12,13). The van der Waals surface area contributed by atoms with E-state index in [1.54, 1.807) is 11.8 Å². The van der Waals surface area contributed by atoms with Gasteiger partial charge in [0, 0.05) is 19.8 Å². The van der Waals surface area contributed by atoms with Crippen LogP contribution in [0.1, 0.15) is 0 Å². The highest BCUT2D eigenvalue weighted by atomic mass is 32.2. The van der Waals surface area contributed by atoms with Gasteiger partial charge in [-0.05, 0) is 12.1 Å². The van der Waals surface area contributed by atoms with E-state index in [0.717, 1.165) is 23.2 Å². The van der Waals surface area contributed by atoms with Gasteiger partial charge in [-0.25, -0.2) is 0 Å². The van der Waals surface area contributed by atoms with Crippen LogP contribution in [0.3, 0.4) is 0 Å². The predicted molar refractivity (Wildman–Crippen MR) is 69.2 cm³/mol. The Kier molecular flexibility index (Phi) is 3.16. The Labute approximate surface area is 94.6 Å². The van der Waals surface area contributed by atoms with Crippen molar-refractivity contribution < 1.29 is 0 Å². The molecule has 0 saturated heterocycles. The van der Waals surface area contributed by atoms with Crippen molar-refractivity contribution in [3.05, 3.63) is 24.3 Å². The molecule has 1 heterocycles. The lowest BCUT2D eigenvalue weighted by Crippen LogP contribution is -2.13. The molecule has 15 heavy (non-hydrogen) atoms. The second kappa shape index (κ2) is 4.57. The number of hydrogen-bond acceptors (Lipinski definition) is 4. The molecular formula is C11H15N3S. The molecule has 0 amide bonds. The summed E-state index contributed by atoms with van der Waals surface area (Å²) in [7, 11) is 4.09. The molecule has 0 bridgehead atoms. The second-order valence-electron chi connectivity index (χ2n) is 3.57. The molecule has 1 aromatic carbocycles. The van der Waals surface area contributed by atoms with Gasteiger partial charge in [-0.15, -0.1) is 0 Å². The van der Waals surface area contributed by atoms with Gasteiger partial charge in [0.25, 0.3) is 0 Å². The van der Waals surface area contributed by atoms with Crippen molar-refractivity contribution in [3.8, 4) is 0 Å². The van der Waals surface area contributed by atoms with Gasteiger partial charge in [0.2, 0.25) is 0 Å². The lowest BCUT2D eigenvalue weighted by Gasteiger charge is -2.17. The summed E-state index contributed by atoms with van der Waals surface area (Å²) in [4.78, 5) is 6.48. The minimum absolute atomic E-state index is 0.928. The first-order valence-corrected chi connectivity index (χ1v) is 5.96. The molecule has 3 nitrogen and oxygen atoms in total. The van der Waals surface area contributed by atoms with Gasteiger partial charge in [0.05, 0.1) is 17.9 Å². The maximum Gasteiger partial charge on any atom is 0.161 e. The van der Waals surface area contributed by atoms with Crippen LogP contribution in [0, 0.1) is 0 Å².